The van der Waals surface area contributed by atoms with E-state index in [0.29, 0.717) is 18.7 Å². The van der Waals surface area contributed by atoms with Gasteiger partial charge in [-0.3, -0.25) is 0 Å². The first-order valence-corrected chi connectivity index (χ1v) is 8.24. The maximum atomic E-state index is 13.5. The molecule has 0 aliphatic rings. The molecule has 21 heavy (non-hydrogen) atoms. The lowest BCUT2D eigenvalue weighted by molar-refractivity contribution is 0.560. The fourth-order valence-electron chi connectivity index (χ4n) is 2.03. The van der Waals surface area contributed by atoms with Crippen molar-refractivity contribution in [2.75, 3.05) is 0 Å². The van der Waals surface area contributed by atoms with E-state index in [1.807, 2.05) is 6.07 Å². The lowest BCUT2D eigenvalue weighted by Crippen LogP contribution is -2.13. The number of thiophene rings is 2. The molecule has 0 fully saturated rings. The van der Waals surface area contributed by atoms with Crippen LogP contribution in [0.3, 0.4) is 0 Å². The van der Waals surface area contributed by atoms with E-state index in [4.69, 9.17) is 0 Å². The van der Waals surface area contributed by atoms with E-state index in [9.17, 15) is 8.78 Å². The molecule has 0 saturated heterocycles. The zero-order chi connectivity index (χ0) is 14.7. The Hall–Kier alpha value is -1.56. The van der Waals surface area contributed by atoms with Crippen molar-refractivity contribution in [1.82, 2.24) is 5.32 Å². The van der Waals surface area contributed by atoms with E-state index in [0.717, 1.165) is 6.07 Å². The summed E-state index contributed by atoms with van der Waals surface area (Å²) in [4.78, 5) is 2.45. The largest absolute Gasteiger partial charge is 0.308 e. The van der Waals surface area contributed by atoms with Crippen LogP contribution in [0, 0.1) is 11.6 Å². The summed E-state index contributed by atoms with van der Waals surface area (Å²) in [7, 11) is 0. The molecule has 0 unspecified atom stereocenters. The van der Waals surface area contributed by atoms with Crippen LogP contribution in [0.4, 0.5) is 8.78 Å². The van der Waals surface area contributed by atoms with Crippen LogP contribution in [0.1, 0.15) is 10.4 Å². The number of hydrogen-bond acceptors (Lipinski definition) is 3. The molecule has 1 nitrogen and oxygen atoms in total. The summed E-state index contributed by atoms with van der Waals surface area (Å²) in [6, 6.07) is 9.94. The van der Waals surface area contributed by atoms with Gasteiger partial charge in [0.2, 0.25) is 0 Å². The first-order chi connectivity index (χ1) is 10.2. The van der Waals surface area contributed by atoms with Gasteiger partial charge in [-0.15, -0.1) is 22.7 Å². The van der Waals surface area contributed by atoms with Crippen molar-refractivity contribution in [3.05, 3.63) is 69.2 Å². The Balaban J connectivity index is 1.58. The second-order valence-corrected chi connectivity index (χ2v) is 6.56. The number of nitrogens with one attached hydrogen (secondary N) is 1. The molecule has 0 bridgehead atoms. The van der Waals surface area contributed by atoms with E-state index in [1.54, 1.807) is 22.7 Å². The van der Waals surface area contributed by atoms with Gasteiger partial charge in [0, 0.05) is 40.0 Å². The van der Waals surface area contributed by atoms with Crippen molar-refractivity contribution >= 4 is 22.7 Å². The van der Waals surface area contributed by atoms with Gasteiger partial charge in [-0.2, -0.15) is 0 Å². The third kappa shape index (κ3) is 3.56. The van der Waals surface area contributed by atoms with Gasteiger partial charge in [0.1, 0.15) is 11.6 Å². The van der Waals surface area contributed by atoms with Crippen molar-refractivity contribution in [3.63, 3.8) is 0 Å². The molecule has 1 aromatic carbocycles. The molecule has 3 aromatic rings. The highest BCUT2D eigenvalue weighted by atomic mass is 32.1. The number of halogens is 2. The second kappa shape index (κ2) is 6.47. The van der Waals surface area contributed by atoms with Gasteiger partial charge in [-0.25, -0.2) is 8.78 Å². The van der Waals surface area contributed by atoms with Crippen LogP contribution in [0.25, 0.3) is 10.4 Å². The van der Waals surface area contributed by atoms with Crippen LogP contribution in [-0.4, -0.2) is 0 Å². The minimum absolute atomic E-state index is 0.387. The average Bonchev–Trinajstić information content (AvgIpc) is 3.11. The molecular weight excluding hydrogens is 308 g/mol. The van der Waals surface area contributed by atoms with Gasteiger partial charge in [-0.05, 0) is 29.0 Å². The SMILES string of the molecule is Fc1ccc(CNCc2cc(-c3cccs3)cs2)c(F)c1. The predicted molar refractivity (Wildman–Crippen MR) is 84.5 cm³/mol. The smallest absolute Gasteiger partial charge is 0.130 e. The monoisotopic (exact) mass is 321 g/mol. The van der Waals surface area contributed by atoms with E-state index in [2.05, 4.69) is 28.2 Å². The Morgan fingerprint density at radius 2 is 1.90 bits per heavy atom. The number of hydrogen-bond donors (Lipinski definition) is 1. The first-order valence-electron chi connectivity index (χ1n) is 6.48. The van der Waals surface area contributed by atoms with Crippen LogP contribution < -0.4 is 5.32 Å². The zero-order valence-corrected chi connectivity index (χ0v) is 12.7. The highest BCUT2D eigenvalue weighted by Gasteiger charge is 2.05. The zero-order valence-electron chi connectivity index (χ0n) is 11.1. The molecule has 1 N–H and O–H groups in total. The fourth-order valence-corrected chi connectivity index (χ4v) is 3.67. The van der Waals surface area contributed by atoms with Gasteiger partial charge in [-0.1, -0.05) is 12.1 Å². The Morgan fingerprint density at radius 3 is 2.67 bits per heavy atom. The summed E-state index contributed by atoms with van der Waals surface area (Å²) in [5, 5.41) is 7.37. The molecule has 0 atom stereocenters. The van der Waals surface area contributed by atoms with Gasteiger partial charge in [0.15, 0.2) is 0 Å². The normalized spacial score (nSPS) is 11.0. The minimum atomic E-state index is -0.546. The van der Waals surface area contributed by atoms with E-state index >= 15 is 0 Å². The quantitative estimate of drug-likeness (QED) is 0.694. The molecule has 5 heteroatoms. The van der Waals surface area contributed by atoms with E-state index < -0.39 is 11.6 Å². The van der Waals surface area contributed by atoms with Crippen molar-refractivity contribution in [2.24, 2.45) is 0 Å². The molecule has 108 valence electrons. The summed E-state index contributed by atoms with van der Waals surface area (Å²) < 4.78 is 26.3. The Kier molecular flexibility index (Phi) is 4.43. The molecule has 3 rings (SSSR count). The summed E-state index contributed by atoms with van der Waals surface area (Å²) in [5.41, 5.74) is 1.70. The highest BCUT2D eigenvalue weighted by Crippen LogP contribution is 2.29. The average molecular weight is 321 g/mol. The molecule has 0 radical (unpaired) electrons. The van der Waals surface area contributed by atoms with Crippen molar-refractivity contribution < 1.29 is 8.78 Å². The number of rotatable bonds is 5. The van der Waals surface area contributed by atoms with Crippen LogP contribution in [0.2, 0.25) is 0 Å². The summed E-state index contributed by atoms with van der Waals surface area (Å²) in [6.45, 7) is 1.06. The Labute approximate surface area is 129 Å². The summed E-state index contributed by atoms with van der Waals surface area (Å²) in [5.74, 6) is -1.05. The lowest BCUT2D eigenvalue weighted by Gasteiger charge is -2.04. The van der Waals surface area contributed by atoms with Crippen molar-refractivity contribution in [3.8, 4) is 10.4 Å². The van der Waals surface area contributed by atoms with Crippen LogP contribution in [-0.2, 0) is 13.1 Å². The second-order valence-electron chi connectivity index (χ2n) is 4.62. The molecule has 0 aliphatic carbocycles. The van der Waals surface area contributed by atoms with Gasteiger partial charge < -0.3 is 5.32 Å². The summed E-state index contributed by atoms with van der Waals surface area (Å²) in [6.07, 6.45) is 0. The van der Waals surface area contributed by atoms with E-state index in [-0.39, 0.29) is 0 Å². The van der Waals surface area contributed by atoms with Crippen LogP contribution in [0.5, 0.6) is 0 Å². The molecule has 0 amide bonds. The summed E-state index contributed by atoms with van der Waals surface area (Å²) >= 11 is 3.39. The Bertz CT molecular complexity index is 720. The molecule has 2 aromatic heterocycles. The predicted octanol–water partition coefficient (Wildman–Crippen LogP) is 5.04. The maximum absolute atomic E-state index is 13.5. The maximum Gasteiger partial charge on any atom is 0.130 e. The van der Waals surface area contributed by atoms with Crippen LogP contribution >= 0.6 is 22.7 Å². The van der Waals surface area contributed by atoms with Crippen molar-refractivity contribution in [1.29, 1.82) is 0 Å². The first kappa shape index (κ1) is 14.4. The Morgan fingerprint density at radius 1 is 1.00 bits per heavy atom. The topological polar surface area (TPSA) is 12.0 Å². The number of benzene rings is 1. The van der Waals surface area contributed by atoms with Crippen LogP contribution in [0.15, 0.2) is 47.2 Å². The third-order valence-corrected chi connectivity index (χ3v) is 4.94. The van der Waals surface area contributed by atoms with Gasteiger partial charge in [0.05, 0.1) is 0 Å². The standard InChI is InChI=1S/C16H13F2NS2/c17-13-4-3-11(15(18)7-13)8-19-9-14-6-12(10-21-14)16-2-1-5-20-16/h1-7,10,19H,8-9H2. The van der Waals surface area contributed by atoms with E-state index in [1.165, 1.54) is 27.5 Å². The lowest BCUT2D eigenvalue weighted by atomic mass is 10.2. The van der Waals surface area contributed by atoms with Crippen molar-refractivity contribution in [2.45, 2.75) is 13.1 Å². The minimum Gasteiger partial charge on any atom is -0.308 e. The highest BCUT2D eigenvalue weighted by molar-refractivity contribution is 7.14. The molecule has 0 saturated carbocycles. The molecular formula is C16H13F2NS2. The molecule has 2 heterocycles. The van der Waals surface area contributed by atoms with Gasteiger partial charge in [0.25, 0.3) is 0 Å². The third-order valence-electron chi connectivity index (χ3n) is 3.09. The van der Waals surface area contributed by atoms with Gasteiger partial charge >= 0.3 is 0 Å². The fraction of sp³-hybridized carbons (Fsp3) is 0.125. The molecule has 0 aliphatic heterocycles. The molecule has 0 spiro atoms.